The largest absolute Gasteiger partial charge is 0.329 e. The van der Waals surface area contributed by atoms with Crippen LogP contribution in [0.1, 0.15) is 23.6 Å². The van der Waals surface area contributed by atoms with E-state index in [1.54, 1.807) is 0 Å². The molecule has 0 aliphatic heterocycles. The van der Waals surface area contributed by atoms with E-state index in [0.717, 1.165) is 6.54 Å². The van der Waals surface area contributed by atoms with Crippen molar-refractivity contribution >= 4 is 0 Å². The maximum absolute atomic E-state index is 5.65. The van der Waals surface area contributed by atoms with E-state index in [1.165, 1.54) is 16.7 Å². The summed E-state index contributed by atoms with van der Waals surface area (Å²) >= 11 is 0. The van der Waals surface area contributed by atoms with Crippen molar-refractivity contribution in [1.82, 2.24) is 4.90 Å². The standard InChI is InChI=1S/C13H22N2/c1-10-5-6-13(11(2)7-10)9-15(4)12(3)8-14/h5-7,12H,8-9,14H2,1-4H3. The van der Waals surface area contributed by atoms with Gasteiger partial charge in [0.2, 0.25) is 0 Å². The van der Waals surface area contributed by atoms with E-state index in [2.05, 4.69) is 50.9 Å². The number of nitrogens with zero attached hydrogens (tertiary/aromatic N) is 1. The molecule has 0 bridgehead atoms. The number of likely N-dealkylation sites (N-methyl/N-ethyl adjacent to an activating group) is 1. The number of hydrogen-bond acceptors (Lipinski definition) is 2. The van der Waals surface area contributed by atoms with Crippen LogP contribution in [0.2, 0.25) is 0 Å². The molecule has 2 nitrogen and oxygen atoms in total. The molecule has 0 aliphatic carbocycles. The first-order valence-electron chi connectivity index (χ1n) is 5.51. The first-order chi connectivity index (χ1) is 7.04. The topological polar surface area (TPSA) is 29.3 Å². The van der Waals surface area contributed by atoms with E-state index >= 15 is 0 Å². The lowest BCUT2D eigenvalue weighted by Crippen LogP contribution is -2.34. The highest BCUT2D eigenvalue weighted by Crippen LogP contribution is 2.13. The number of nitrogens with two attached hydrogens (primary N) is 1. The molecule has 0 saturated heterocycles. The first kappa shape index (κ1) is 12.2. The fraction of sp³-hybridized carbons (Fsp3) is 0.538. The zero-order chi connectivity index (χ0) is 11.4. The molecule has 0 fully saturated rings. The lowest BCUT2D eigenvalue weighted by atomic mass is 10.1. The van der Waals surface area contributed by atoms with Crippen LogP contribution in [-0.2, 0) is 6.54 Å². The second-order valence-corrected chi connectivity index (χ2v) is 4.43. The van der Waals surface area contributed by atoms with Crippen LogP contribution in [0.3, 0.4) is 0 Å². The number of hydrogen-bond donors (Lipinski definition) is 1. The molecule has 1 atom stereocenters. The van der Waals surface area contributed by atoms with Crippen molar-refractivity contribution < 1.29 is 0 Å². The number of benzene rings is 1. The summed E-state index contributed by atoms with van der Waals surface area (Å²) in [4.78, 5) is 2.29. The van der Waals surface area contributed by atoms with E-state index in [9.17, 15) is 0 Å². The Hall–Kier alpha value is -0.860. The molecule has 0 heterocycles. The van der Waals surface area contributed by atoms with Gasteiger partial charge in [0.25, 0.3) is 0 Å². The van der Waals surface area contributed by atoms with Crippen LogP contribution in [0.25, 0.3) is 0 Å². The van der Waals surface area contributed by atoms with Crippen molar-refractivity contribution in [3.05, 3.63) is 34.9 Å². The fourth-order valence-electron chi connectivity index (χ4n) is 1.63. The van der Waals surface area contributed by atoms with E-state index in [0.29, 0.717) is 12.6 Å². The SMILES string of the molecule is Cc1ccc(CN(C)C(C)CN)c(C)c1. The molecule has 1 aromatic rings. The van der Waals surface area contributed by atoms with Crippen LogP contribution < -0.4 is 5.73 Å². The van der Waals surface area contributed by atoms with Gasteiger partial charge in [-0.1, -0.05) is 23.8 Å². The summed E-state index contributed by atoms with van der Waals surface area (Å²) in [6.45, 7) is 8.14. The van der Waals surface area contributed by atoms with E-state index in [1.807, 2.05) is 0 Å². The molecule has 2 heteroatoms. The van der Waals surface area contributed by atoms with Gasteiger partial charge >= 0.3 is 0 Å². The van der Waals surface area contributed by atoms with E-state index in [4.69, 9.17) is 5.73 Å². The van der Waals surface area contributed by atoms with Gasteiger partial charge in [0.1, 0.15) is 0 Å². The summed E-state index contributed by atoms with van der Waals surface area (Å²) in [5, 5.41) is 0. The predicted octanol–water partition coefficient (Wildman–Crippen LogP) is 2.08. The van der Waals surface area contributed by atoms with Crippen molar-refractivity contribution in [3.63, 3.8) is 0 Å². The van der Waals surface area contributed by atoms with Crippen molar-refractivity contribution in [2.45, 2.75) is 33.4 Å². The Morgan fingerprint density at radius 2 is 2.00 bits per heavy atom. The quantitative estimate of drug-likeness (QED) is 0.817. The van der Waals surface area contributed by atoms with Gasteiger partial charge in [-0.15, -0.1) is 0 Å². The Morgan fingerprint density at radius 1 is 1.33 bits per heavy atom. The van der Waals surface area contributed by atoms with Gasteiger partial charge in [0.05, 0.1) is 0 Å². The smallest absolute Gasteiger partial charge is 0.0236 e. The summed E-state index contributed by atoms with van der Waals surface area (Å²) in [5.74, 6) is 0. The Labute approximate surface area is 93.1 Å². The van der Waals surface area contributed by atoms with Gasteiger partial charge in [0.15, 0.2) is 0 Å². The zero-order valence-electron chi connectivity index (χ0n) is 10.2. The van der Waals surface area contributed by atoms with Crippen LogP contribution in [0.15, 0.2) is 18.2 Å². The monoisotopic (exact) mass is 206 g/mol. The highest BCUT2D eigenvalue weighted by atomic mass is 15.1. The van der Waals surface area contributed by atoms with Crippen molar-refractivity contribution in [1.29, 1.82) is 0 Å². The van der Waals surface area contributed by atoms with Crippen LogP contribution in [0, 0.1) is 13.8 Å². The highest BCUT2D eigenvalue weighted by Gasteiger charge is 2.08. The lowest BCUT2D eigenvalue weighted by molar-refractivity contribution is 0.254. The molecular formula is C13H22N2. The summed E-state index contributed by atoms with van der Waals surface area (Å²) < 4.78 is 0. The van der Waals surface area contributed by atoms with Crippen LogP contribution in [0.4, 0.5) is 0 Å². The maximum atomic E-state index is 5.65. The summed E-state index contributed by atoms with van der Waals surface area (Å²) in [6, 6.07) is 7.05. The summed E-state index contributed by atoms with van der Waals surface area (Å²) in [6.07, 6.45) is 0. The van der Waals surface area contributed by atoms with Gasteiger partial charge in [-0.05, 0) is 38.9 Å². The second-order valence-electron chi connectivity index (χ2n) is 4.43. The zero-order valence-corrected chi connectivity index (χ0v) is 10.2. The molecule has 0 saturated carbocycles. The Balaban J connectivity index is 2.72. The molecule has 1 unspecified atom stereocenters. The third kappa shape index (κ3) is 3.33. The predicted molar refractivity (Wildman–Crippen MR) is 65.9 cm³/mol. The molecule has 1 rings (SSSR count). The molecule has 0 aliphatic rings. The van der Waals surface area contributed by atoms with Crippen molar-refractivity contribution in [2.75, 3.05) is 13.6 Å². The van der Waals surface area contributed by atoms with Crippen molar-refractivity contribution in [3.8, 4) is 0 Å². The first-order valence-corrected chi connectivity index (χ1v) is 5.51. The van der Waals surface area contributed by atoms with Gasteiger partial charge in [-0.3, -0.25) is 4.90 Å². The molecule has 0 aromatic heterocycles. The molecule has 0 spiro atoms. The third-order valence-corrected chi connectivity index (χ3v) is 3.01. The number of rotatable bonds is 4. The van der Waals surface area contributed by atoms with Gasteiger partial charge in [-0.25, -0.2) is 0 Å². The Bertz CT molecular complexity index is 320. The molecular weight excluding hydrogens is 184 g/mol. The Morgan fingerprint density at radius 3 is 2.53 bits per heavy atom. The molecule has 15 heavy (non-hydrogen) atoms. The van der Waals surface area contributed by atoms with Crippen LogP contribution in [-0.4, -0.2) is 24.5 Å². The average molecular weight is 206 g/mol. The minimum absolute atomic E-state index is 0.436. The van der Waals surface area contributed by atoms with Gasteiger partial charge in [0, 0.05) is 19.1 Å². The summed E-state index contributed by atoms with van der Waals surface area (Å²) in [7, 11) is 2.12. The second kappa shape index (κ2) is 5.29. The third-order valence-electron chi connectivity index (χ3n) is 3.01. The van der Waals surface area contributed by atoms with Crippen molar-refractivity contribution in [2.24, 2.45) is 5.73 Å². The minimum Gasteiger partial charge on any atom is -0.329 e. The lowest BCUT2D eigenvalue weighted by Gasteiger charge is -2.24. The van der Waals surface area contributed by atoms with Gasteiger partial charge < -0.3 is 5.73 Å². The maximum Gasteiger partial charge on any atom is 0.0236 e. The highest BCUT2D eigenvalue weighted by molar-refractivity contribution is 5.30. The van der Waals surface area contributed by atoms with E-state index in [-0.39, 0.29) is 0 Å². The minimum atomic E-state index is 0.436. The molecule has 2 N–H and O–H groups in total. The molecule has 0 amide bonds. The average Bonchev–Trinajstić information content (AvgIpc) is 2.20. The molecule has 1 aromatic carbocycles. The number of aryl methyl sites for hydroxylation is 2. The fourth-order valence-corrected chi connectivity index (χ4v) is 1.63. The van der Waals surface area contributed by atoms with Crippen LogP contribution >= 0.6 is 0 Å². The van der Waals surface area contributed by atoms with Gasteiger partial charge in [-0.2, -0.15) is 0 Å². The van der Waals surface area contributed by atoms with Crippen LogP contribution in [0.5, 0.6) is 0 Å². The summed E-state index contributed by atoms with van der Waals surface area (Å²) in [5.41, 5.74) is 9.73. The van der Waals surface area contributed by atoms with E-state index < -0.39 is 0 Å². The molecule has 0 radical (unpaired) electrons. The normalized spacial score (nSPS) is 13.2. The molecule has 84 valence electrons. The Kier molecular flexibility index (Phi) is 4.30.